The SMILES string of the molecule is N#CCc1ccc(F)cc1C(O)C(O)CS. The number of nitriles is 1. The summed E-state index contributed by atoms with van der Waals surface area (Å²) >= 11 is 3.85. The maximum absolute atomic E-state index is 13.0. The van der Waals surface area contributed by atoms with E-state index in [0.29, 0.717) is 5.56 Å². The largest absolute Gasteiger partial charge is 0.389 e. The minimum absolute atomic E-state index is 0.0592. The lowest BCUT2D eigenvalue weighted by atomic mass is 9.97. The van der Waals surface area contributed by atoms with E-state index in [9.17, 15) is 14.6 Å². The van der Waals surface area contributed by atoms with Gasteiger partial charge in [-0.25, -0.2) is 4.39 Å². The number of halogens is 1. The zero-order valence-corrected chi connectivity index (χ0v) is 9.36. The third-order valence-electron chi connectivity index (χ3n) is 2.25. The number of hydrogen-bond acceptors (Lipinski definition) is 4. The highest BCUT2D eigenvalue weighted by molar-refractivity contribution is 7.80. The van der Waals surface area contributed by atoms with E-state index in [1.165, 1.54) is 12.1 Å². The van der Waals surface area contributed by atoms with E-state index in [4.69, 9.17) is 5.26 Å². The molecule has 16 heavy (non-hydrogen) atoms. The Kier molecular flexibility index (Phi) is 4.74. The number of aliphatic hydroxyl groups is 2. The third kappa shape index (κ3) is 2.95. The summed E-state index contributed by atoms with van der Waals surface area (Å²) in [7, 11) is 0. The average molecular weight is 241 g/mol. The first-order valence-electron chi connectivity index (χ1n) is 4.72. The monoisotopic (exact) mass is 241 g/mol. The van der Waals surface area contributed by atoms with Gasteiger partial charge < -0.3 is 10.2 Å². The van der Waals surface area contributed by atoms with Gasteiger partial charge in [-0.3, -0.25) is 0 Å². The summed E-state index contributed by atoms with van der Waals surface area (Å²) in [6, 6.07) is 5.70. The van der Waals surface area contributed by atoms with Crippen LogP contribution in [-0.4, -0.2) is 22.1 Å². The van der Waals surface area contributed by atoms with Crippen molar-refractivity contribution < 1.29 is 14.6 Å². The van der Waals surface area contributed by atoms with Gasteiger partial charge in [0.25, 0.3) is 0 Å². The minimum Gasteiger partial charge on any atom is -0.389 e. The lowest BCUT2D eigenvalue weighted by Crippen LogP contribution is -2.21. The van der Waals surface area contributed by atoms with Crippen molar-refractivity contribution in [1.82, 2.24) is 0 Å². The molecule has 1 aromatic rings. The lowest BCUT2D eigenvalue weighted by Gasteiger charge is -2.18. The van der Waals surface area contributed by atoms with Crippen molar-refractivity contribution in [3.8, 4) is 6.07 Å². The fourth-order valence-corrected chi connectivity index (χ4v) is 1.59. The summed E-state index contributed by atoms with van der Waals surface area (Å²) in [5, 5.41) is 27.8. The maximum atomic E-state index is 13.0. The van der Waals surface area contributed by atoms with Crippen molar-refractivity contribution in [2.75, 3.05) is 5.75 Å². The van der Waals surface area contributed by atoms with Crippen molar-refractivity contribution >= 4 is 12.6 Å². The Morgan fingerprint density at radius 3 is 2.69 bits per heavy atom. The topological polar surface area (TPSA) is 64.2 Å². The molecule has 86 valence electrons. The predicted octanol–water partition coefficient (Wildman–Crippen LogP) is 1.22. The fourth-order valence-electron chi connectivity index (χ4n) is 1.39. The van der Waals surface area contributed by atoms with Crippen LogP contribution in [0.15, 0.2) is 18.2 Å². The van der Waals surface area contributed by atoms with Crippen LogP contribution in [0.4, 0.5) is 4.39 Å². The second kappa shape index (κ2) is 5.85. The molecule has 0 amide bonds. The minimum atomic E-state index is -1.23. The molecule has 0 radical (unpaired) electrons. The summed E-state index contributed by atoms with van der Waals surface area (Å²) in [5.74, 6) is -0.453. The molecule has 2 unspecified atom stereocenters. The number of benzene rings is 1. The van der Waals surface area contributed by atoms with Gasteiger partial charge in [-0.15, -0.1) is 0 Å². The molecule has 5 heteroatoms. The van der Waals surface area contributed by atoms with E-state index >= 15 is 0 Å². The highest BCUT2D eigenvalue weighted by atomic mass is 32.1. The normalized spacial score (nSPS) is 14.2. The quantitative estimate of drug-likeness (QED) is 0.694. The molecular formula is C11H12FNO2S. The molecule has 0 aromatic heterocycles. The Labute approximate surface area is 98.6 Å². The van der Waals surface area contributed by atoms with Crippen molar-refractivity contribution in [3.63, 3.8) is 0 Å². The van der Waals surface area contributed by atoms with Gasteiger partial charge in [-0.05, 0) is 23.3 Å². The molecule has 0 bridgehead atoms. The second-order valence-electron chi connectivity index (χ2n) is 3.37. The molecule has 0 heterocycles. The van der Waals surface area contributed by atoms with Crippen LogP contribution in [-0.2, 0) is 6.42 Å². The van der Waals surface area contributed by atoms with Gasteiger partial charge in [0.15, 0.2) is 0 Å². The highest BCUT2D eigenvalue weighted by Crippen LogP contribution is 2.23. The Morgan fingerprint density at radius 1 is 1.44 bits per heavy atom. The van der Waals surface area contributed by atoms with Gasteiger partial charge >= 0.3 is 0 Å². The van der Waals surface area contributed by atoms with E-state index in [-0.39, 0.29) is 17.7 Å². The zero-order chi connectivity index (χ0) is 12.1. The van der Waals surface area contributed by atoms with Gasteiger partial charge in [-0.2, -0.15) is 17.9 Å². The molecular weight excluding hydrogens is 229 g/mol. The maximum Gasteiger partial charge on any atom is 0.123 e. The fraction of sp³-hybridized carbons (Fsp3) is 0.364. The average Bonchev–Trinajstić information content (AvgIpc) is 2.29. The van der Waals surface area contributed by atoms with Crippen LogP contribution in [0.1, 0.15) is 17.2 Å². The van der Waals surface area contributed by atoms with E-state index in [1.807, 2.05) is 6.07 Å². The molecule has 0 saturated heterocycles. The van der Waals surface area contributed by atoms with E-state index < -0.39 is 18.0 Å². The van der Waals surface area contributed by atoms with Crippen LogP contribution < -0.4 is 0 Å². The Hall–Kier alpha value is -1.09. The van der Waals surface area contributed by atoms with Gasteiger partial charge in [0.1, 0.15) is 11.9 Å². The Balaban J connectivity index is 3.09. The van der Waals surface area contributed by atoms with Gasteiger partial charge in [0.2, 0.25) is 0 Å². The Bertz CT molecular complexity index is 405. The summed E-state index contributed by atoms with van der Waals surface area (Å²) in [5.41, 5.74) is 0.750. The van der Waals surface area contributed by atoms with Gasteiger partial charge in [0, 0.05) is 5.75 Å². The number of nitrogens with zero attached hydrogens (tertiary/aromatic N) is 1. The molecule has 1 rings (SSSR count). The third-order valence-corrected chi connectivity index (χ3v) is 2.62. The van der Waals surface area contributed by atoms with Crippen LogP contribution in [0.25, 0.3) is 0 Å². The van der Waals surface area contributed by atoms with E-state index in [0.717, 1.165) is 6.07 Å². The number of hydrogen-bond donors (Lipinski definition) is 3. The highest BCUT2D eigenvalue weighted by Gasteiger charge is 2.20. The van der Waals surface area contributed by atoms with Crippen LogP contribution >= 0.6 is 12.6 Å². The first kappa shape index (κ1) is 13.0. The summed E-state index contributed by atoms with van der Waals surface area (Å²) < 4.78 is 13.0. The standard InChI is InChI=1S/C11H12FNO2S/c12-8-2-1-7(3-4-13)9(5-8)11(15)10(14)6-16/h1-2,5,10-11,14-16H,3,6H2. The predicted molar refractivity (Wildman–Crippen MR) is 60.5 cm³/mol. The molecule has 0 spiro atoms. The summed E-state index contributed by atoms with van der Waals surface area (Å²) in [4.78, 5) is 0. The first-order chi connectivity index (χ1) is 7.60. The molecule has 0 saturated carbocycles. The molecule has 0 aliphatic rings. The van der Waals surface area contributed by atoms with Gasteiger partial charge in [0.05, 0.1) is 18.6 Å². The molecule has 0 aliphatic carbocycles. The Morgan fingerprint density at radius 2 is 2.12 bits per heavy atom. The molecule has 0 fully saturated rings. The second-order valence-corrected chi connectivity index (χ2v) is 3.74. The summed E-state index contributed by atoms with van der Waals surface area (Å²) in [6.07, 6.45) is -2.24. The lowest BCUT2D eigenvalue weighted by molar-refractivity contribution is 0.0331. The van der Waals surface area contributed by atoms with Crippen molar-refractivity contribution in [2.24, 2.45) is 0 Å². The smallest absolute Gasteiger partial charge is 0.123 e. The first-order valence-corrected chi connectivity index (χ1v) is 5.35. The number of rotatable bonds is 4. The van der Waals surface area contributed by atoms with E-state index in [2.05, 4.69) is 12.6 Å². The van der Waals surface area contributed by atoms with Crippen LogP contribution in [0, 0.1) is 17.1 Å². The molecule has 3 nitrogen and oxygen atoms in total. The zero-order valence-electron chi connectivity index (χ0n) is 8.47. The number of thiol groups is 1. The van der Waals surface area contributed by atoms with Crippen LogP contribution in [0.2, 0.25) is 0 Å². The molecule has 2 N–H and O–H groups in total. The molecule has 1 aromatic carbocycles. The summed E-state index contributed by atoms with van der Waals surface area (Å²) in [6.45, 7) is 0. The molecule has 2 atom stereocenters. The van der Waals surface area contributed by atoms with E-state index in [1.54, 1.807) is 0 Å². The van der Waals surface area contributed by atoms with Crippen molar-refractivity contribution in [2.45, 2.75) is 18.6 Å². The van der Waals surface area contributed by atoms with Crippen molar-refractivity contribution in [1.29, 1.82) is 5.26 Å². The van der Waals surface area contributed by atoms with Crippen LogP contribution in [0.3, 0.4) is 0 Å². The molecule has 0 aliphatic heterocycles. The van der Waals surface area contributed by atoms with Gasteiger partial charge in [-0.1, -0.05) is 6.07 Å². The number of aliphatic hydroxyl groups excluding tert-OH is 2. The van der Waals surface area contributed by atoms with Crippen molar-refractivity contribution in [3.05, 3.63) is 35.1 Å². The van der Waals surface area contributed by atoms with Crippen LogP contribution in [0.5, 0.6) is 0 Å².